The fraction of sp³-hybridized carbons (Fsp3) is 0.720. The Balaban J connectivity index is 1.24. The number of ether oxygens (including phenoxy) is 2. The molecular weight excluding hydrogens is 398 g/mol. The Hall–Kier alpha value is -1.69. The minimum atomic E-state index is -0.984. The van der Waals surface area contributed by atoms with Gasteiger partial charge in [-0.25, -0.2) is 0 Å². The first-order valence-electron chi connectivity index (χ1n) is 12.1. The van der Waals surface area contributed by atoms with E-state index in [-0.39, 0.29) is 11.5 Å². The largest absolute Gasteiger partial charge is 0.490 e. The molecular formula is C25H36F2N2O2. The van der Waals surface area contributed by atoms with Gasteiger partial charge < -0.3 is 14.9 Å². The van der Waals surface area contributed by atoms with E-state index in [2.05, 4.69) is 0 Å². The van der Waals surface area contributed by atoms with E-state index >= 15 is 0 Å². The lowest BCUT2D eigenvalue weighted by Gasteiger charge is -2.37. The molecule has 1 heterocycles. The molecule has 6 heteroatoms. The van der Waals surface area contributed by atoms with Crippen molar-refractivity contribution in [2.24, 2.45) is 29.4 Å². The molecule has 0 radical (unpaired) electrons. The number of benzene rings is 1. The first-order chi connectivity index (χ1) is 15.0. The average Bonchev–Trinajstić information content (AvgIpc) is 2.80. The van der Waals surface area contributed by atoms with E-state index in [0.29, 0.717) is 30.9 Å². The van der Waals surface area contributed by atoms with Crippen LogP contribution in [0.5, 0.6) is 11.5 Å². The van der Waals surface area contributed by atoms with Crippen LogP contribution in [0.1, 0.15) is 76.2 Å². The molecule has 1 aliphatic heterocycles. The molecule has 2 saturated carbocycles. The number of hydrogen-bond donors (Lipinski definition) is 2. The molecule has 0 saturated heterocycles. The van der Waals surface area contributed by atoms with Crippen LogP contribution < -0.4 is 15.2 Å². The van der Waals surface area contributed by atoms with Gasteiger partial charge in [0.2, 0.25) is 11.6 Å². The van der Waals surface area contributed by atoms with E-state index in [4.69, 9.17) is 20.6 Å². The lowest BCUT2D eigenvalue weighted by atomic mass is 9.69. The van der Waals surface area contributed by atoms with E-state index in [9.17, 15) is 8.78 Å². The van der Waals surface area contributed by atoms with Gasteiger partial charge in [0.1, 0.15) is 6.23 Å². The number of fused-ring (bicyclic) bond motifs is 1. The number of nitrogens with one attached hydrogen (secondary N) is 1. The van der Waals surface area contributed by atoms with Gasteiger partial charge in [0.15, 0.2) is 11.5 Å². The predicted octanol–water partition coefficient (Wildman–Crippen LogP) is 6.00. The fourth-order valence-corrected chi connectivity index (χ4v) is 5.86. The number of hydrogen-bond acceptors (Lipinski definition) is 4. The van der Waals surface area contributed by atoms with Crippen molar-refractivity contribution in [1.29, 1.82) is 5.41 Å². The normalized spacial score (nSPS) is 30.9. The number of aryl methyl sites for hydroxylation is 1. The van der Waals surface area contributed by atoms with Gasteiger partial charge in [0, 0.05) is 12.0 Å². The Bertz CT molecular complexity index is 756. The minimum absolute atomic E-state index is 0.000640. The molecule has 4 nitrogen and oxygen atoms in total. The number of rotatable bonds is 7. The van der Waals surface area contributed by atoms with Gasteiger partial charge >= 0.3 is 0 Å². The van der Waals surface area contributed by atoms with Crippen LogP contribution in [-0.4, -0.2) is 19.0 Å². The molecule has 3 aliphatic rings. The summed E-state index contributed by atoms with van der Waals surface area (Å²) in [5, 5.41) is 7.22. The molecule has 1 aromatic carbocycles. The predicted molar refractivity (Wildman–Crippen MR) is 118 cm³/mol. The summed E-state index contributed by atoms with van der Waals surface area (Å²) in [5.74, 6) is 0.857. The summed E-state index contributed by atoms with van der Waals surface area (Å²) in [6.45, 7) is 0.443. The van der Waals surface area contributed by atoms with Crippen LogP contribution >= 0.6 is 0 Å². The second kappa shape index (κ2) is 10.3. The second-order valence-electron chi connectivity index (χ2n) is 9.84. The molecule has 1 aromatic rings. The van der Waals surface area contributed by atoms with Crippen molar-refractivity contribution in [2.45, 2.75) is 83.3 Å². The van der Waals surface area contributed by atoms with Gasteiger partial charge in [-0.05, 0) is 93.7 Å². The zero-order valence-electron chi connectivity index (χ0n) is 18.4. The first kappa shape index (κ1) is 22.5. The Kier molecular flexibility index (Phi) is 7.47. The molecule has 3 N–H and O–H groups in total. The van der Waals surface area contributed by atoms with Crippen LogP contribution in [0.3, 0.4) is 0 Å². The van der Waals surface area contributed by atoms with Crippen molar-refractivity contribution in [3.63, 3.8) is 0 Å². The second-order valence-corrected chi connectivity index (χ2v) is 9.84. The molecule has 2 fully saturated rings. The molecule has 4 rings (SSSR count). The standard InChI is InChI=1S/C25H36F2N2O2/c26-23-21(14-20-11-12-22(29)31-25(20)24(23)27)30-15-17-5-9-19(10-6-17)18-7-3-16(4-8-18)2-1-13-28/h13-14,16-19,22,28H,1-12,15,29H2. The molecule has 0 spiro atoms. The van der Waals surface area contributed by atoms with Gasteiger partial charge in [-0.15, -0.1) is 0 Å². The van der Waals surface area contributed by atoms with Crippen LogP contribution in [0.25, 0.3) is 0 Å². The molecule has 31 heavy (non-hydrogen) atoms. The number of nitrogens with two attached hydrogens (primary N) is 1. The molecule has 1 unspecified atom stereocenters. The van der Waals surface area contributed by atoms with E-state index in [1.807, 2.05) is 0 Å². The smallest absolute Gasteiger partial charge is 0.204 e. The maximum absolute atomic E-state index is 14.5. The summed E-state index contributed by atoms with van der Waals surface area (Å²) in [6, 6.07) is 1.59. The van der Waals surface area contributed by atoms with Crippen LogP contribution in [0.4, 0.5) is 8.78 Å². The topological polar surface area (TPSA) is 68.3 Å². The molecule has 172 valence electrons. The maximum Gasteiger partial charge on any atom is 0.204 e. The highest BCUT2D eigenvalue weighted by atomic mass is 19.2. The SMILES string of the molecule is N=CCCC1CCC(C2CCC(COc3cc4c(c(F)c3F)OC(N)CC4)CC2)CC1. The van der Waals surface area contributed by atoms with Gasteiger partial charge in [-0.3, -0.25) is 5.73 Å². The lowest BCUT2D eigenvalue weighted by molar-refractivity contribution is 0.120. The highest BCUT2D eigenvalue weighted by Gasteiger charge is 2.31. The van der Waals surface area contributed by atoms with Crippen LogP contribution in [0, 0.1) is 40.7 Å². The van der Waals surface area contributed by atoms with Crippen molar-refractivity contribution < 1.29 is 18.3 Å². The summed E-state index contributed by atoms with van der Waals surface area (Å²) < 4.78 is 39.9. The third-order valence-corrected chi connectivity index (χ3v) is 7.82. The average molecular weight is 435 g/mol. The molecule has 0 bridgehead atoms. The quantitative estimate of drug-likeness (QED) is 0.518. The van der Waals surface area contributed by atoms with Crippen LogP contribution in [0.2, 0.25) is 0 Å². The van der Waals surface area contributed by atoms with E-state index in [0.717, 1.165) is 37.0 Å². The summed E-state index contributed by atoms with van der Waals surface area (Å²) in [5.41, 5.74) is 6.34. The molecule has 1 atom stereocenters. The van der Waals surface area contributed by atoms with Gasteiger partial charge in [0.25, 0.3) is 0 Å². The third kappa shape index (κ3) is 5.39. The summed E-state index contributed by atoms with van der Waals surface area (Å²) in [6.07, 6.45) is 14.2. The van der Waals surface area contributed by atoms with E-state index in [1.54, 1.807) is 12.3 Å². The minimum Gasteiger partial charge on any atom is -0.490 e. The zero-order chi connectivity index (χ0) is 21.8. The zero-order valence-corrected chi connectivity index (χ0v) is 18.4. The van der Waals surface area contributed by atoms with Crippen molar-refractivity contribution in [3.8, 4) is 11.5 Å². The molecule has 0 amide bonds. The van der Waals surface area contributed by atoms with Gasteiger partial charge in [-0.1, -0.05) is 12.8 Å². The highest BCUT2D eigenvalue weighted by Crippen LogP contribution is 2.42. The lowest BCUT2D eigenvalue weighted by Crippen LogP contribution is -2.32. The number of halogens is 2. The van der Waals surface area contributed by atoms with Crippen molar-refractivity contribution >= 4 is 6.21 Å². The van der Waals surface area contributed by atoms with Crippen LogP contribution in [0.15, 0.2) is 6.07 Å². The van der Waals surface area contributed by atoms with Crippen LogP contribution in [-0.2, 0) is 6.42 Å². The maximum atomic E-state index is 14.5. The van der Waals surface area contributed by atoms with E-state index in [1.165, 1.54) is 44.9 Å². The monoisotopic (exact) mass is 434 g/mol. The molecule has 2 aliphatic carbocycles. The summed E-state index contributed by atoms with van der Waals surface area (Å²) in [4.78, 5) is 0. The Morgan fingerprint density at radius 1 is 0.968 bits per heavy atom. The van der Waals surface area contributed by atoms with E-state index < -0.39 is 17.9 Å². The summed E-state index contributed by atoms with van der Waals surface area (Å²) >= 11 is 0. The van der Waals surface area contributed by atoms with Gasteiger partial charge in [-0.2, -0.15) is 8.78 Å². The first-order valence-corrected chi connectivity index (χ1v) is 12.1. The molecule has 0 aromatic heterocycles. The summed E-state index contributed by atoms with van der Waals surface area (Å²) in [7, 11) is 0. The van der Waals surface area contributed by atoms with Crippen molar-refractivity contribution in [1.82, 2.24) is 0 Å². The van der Waals surface area contributed by atoms with Crippen molar-refractivity contribution in [2.75, 3.05) is 6.61 Å². The van der Waals surface area contributed by atoms with Crippen molar-refractivity contribution in [3.05, 3.63) is 23.3 Å². The third-order valence-electron chi connectivity index (χ3n) is 7.82. The van der Waals surface area contributed by atoms with Gasteiger partial charge in [0.05, 0.1) is 6.61 Å². The Labute approximate surface area is 184 Å². The highest BCUT2D eigenvalue weighted by molar-refractivity contribution is 5.52. The Morgan fingerprint density at radius 3 is 2.26 bits per heavy atom. The fourth-order valence-electron chi connectivity index (χ4n) is 5.86. The Morgan fingerprint density at radius 2 is 1.61 bits per heavy atom.